The Kier molecular flexibility index (Phi) is 7.18. The average Bonchev–Trinajstić information content (AvgIpc) is 3.07. The van der Waals surface area contributed by atoms with Crippen LogP contribution in [0.1, 0.15) is 0 Å². The summed E-state index contributed by atoms with van der Waals surface area (Å²) in [6, 6.07) is 12.7. The van der Waals surface area contributed by atoms with Crippen LogP contribution >= 0.6 is 50.9 Å². The summed E-state index contributed by atoms with van der Waals surface area (Å²) in [5, 5.41) is 12.9. The highest BCUT2D eigenvalue weighted by Crippen LogP contribution is 2.29. The predicted molar refractivity (Wildman–Crippen MR) is 119 cm³/mol. The zero-order valence-corrected chi connectivity index (χ0v) is 18.4. The van der Waals surface area contributed by atoms with Gasteiger partial charge in [0, 0.05) is 22.3 Å². The van der Waals surface area contributed by atoms with Gasteiger partial charge in [0.15, 0.2) is 11.0 Å². The molecule has 0 aliphatic heterocycles. The quantitative estimate of drug-likeness (QED) is 0.324. The Bertz CT molecular complexity index is 1010. The molecule has 0 atom stereocenters. The zero-order valence-electron chi connectivity index (χ0n) is 14.5. The summed E-state index contributed by atoms with van der Waals surface area (Å²) >= 11 is 16.8. The minimum atomic E-state index is -0.128. The number of allylic oxidation sites excluding steroid dienone is 1. The fraction of sp³-hybridized carbons (Fsp3) is 0.105. The number of carbonyl (C=O) groups excluding carboxylic acids is 1. The molecule has 0 saturated carbocycles. The number of hydrogen-bond acceptors (Lipinski definition) is 4. The molecule has 1 amide bonds. The largest absolute Gasteiger partial charge is 0.325 e. The fourth-order valence-corrected chi connectivity index (χ4v) is 3.71. The van der Waals surface area contributed by atoms with E-state index in [1.165, 1.54) is 11.8 Å². The lowest BCUT2D eigenvalue weighted by molar-refractivity contribution is -0.113. The lowest BCUT2D eigenvalue weighted by Gasteiger charge is -2.09. The van der Waals surface area contributed by atoms with Crippen molar-refractivity contribution >= 4 is 62.5 Å². The minimum Gasteiger partial charge on any atom is -0.325 e. The van der Waals surface area contributed by atoms with E-state index in [-0.39, 0.29) is 11.7 Å². The number of carbonyl (C=O) groups is 1. The summed E-state index contributed by atoms with van der Waals surface area (Å²) < 4.78 is 2.83. The third-order valence-electron chi connectivity index (χ3n) is 3.67. The van der Waals surface area contributed by atoms with E-state index in [4.69, 9.17) is 23.2 Å². The van der Waals surface area contributed by atoms with E-state index in [1.807, 2.05) is 34.9 Å². The highest BCUT2D eigenvalue weighted by Gasteiger charge is 2.16. The number of nitrogens with one attached hydrogen (secondary N) is 1. The summed E-state index contributed by atoms with van der Waals surface area (Å²) in [4.78, 5) is 12.2. The molecule has 1 N–H and O–H groups in total. The second kappa shape index (κ2) is 9.60. The lowest BCUT2D eigenvalue weighted by Crippen LogP contribution is -2.14. The van der Waals surface area contributed by atoms with Gasteiger partial charge in [0.1, 0.15) is 0 Å². The van der Waals surface area contributed by atoms with Crippen molar-refractivity contribution in [2.24, 2.45) is 0 Å². The van der Waals surface area contributed by atoms with Gasteiger partial charge in [-0.3, -0.25) is 9.36 Å². The van der Waals surface area contributed by atoms with Crippen LogP contribution in [0.4, 0.5) is 5.69 Å². The third-order valence-corrected chi connectivity index (χ3v) is 5.90. The molecule has 0 aliphatic rings. The maximum absolute atomic E-state index is 12.2. The third kappa shape index (κ3) is 5.17. The molecule has 0 aliphatic carbocycles. The van der Waals surface area contributed by atoms with Gasteiger partial charge < -0.3 is 5.32 Å². The molecule has 0 radical (unpaired) electrons. The molecular weight excluding hydrogens is 483 g/mol. The molecule has 3 rings (SSSR count). The Morgan fingerprint density at radius 2 is 1.93 bits per heavy atom. The maximum atomic E-state index is 12.2. The molecule has 5 nitrogen and oxygen atoms in total. The van der Waals surface area contributed by atoms with Gasteiger partial charge in [0.25, 0.3) is 0 Å². The molecule has 9 heteroatoms. The monoisotopic (exact) mass is 496 g/mol. The molecule has 1 aromatic heterocycles. The molecule has 144 valence electrons. The SMILES string of the molecule is C=CCn1c(SCC(=O)Nc2ccc(Br)cc2)nnc1-c1ccc(Cl)c(Cl)c1. The maximum Gasteiger partial charge on any atom is 0.234 e. The molecule has 0 fully saturated rings. The summed E-state index contributed by atoms with van der Waals surface area (Å²) in [5.74, 6) is 0.707. The van der Waals surface area contributed by atoms with Crippen molar-refractivity contribution in [3.05, 3.63) is 69.6 Å². The molecule has 0 unspecified atom stereocenters. The fourth-order valence-electron chi connectivity index (χ4n) is 2.40. The van der Waals surface area contributed by atoms with Crippen molar-refractivity contribution in [2.45, 2.75) is 11.7 Å². The molecule has 0 bridgehead atoms. The van der Waals surface area contributed by atoms with Gasteiger partial charge in [0.05, 0.1) is 15.8 Å². The molecule has 28 heavy (non-hydrogen) atoms. The number of thioether (sulfide) groups is 1. The summed E-state index contributed by atoms with van der Waals surface area (Å²) in [7, 11) is 0. The van der Waals surface area contributed by atoms with Crippen molar-refractivity contribution in [1.82, 2.24) is 14.8 Å². The average molecular weight is 498 g/mol. The van der Waals surface area contributed by atoms with Crippen molar-refractivity contribution in [1.29, 1.82) is 0 Å². The van der Waals surface area contributed by atoms with E-state index >= 15 is 0 Å². The second-order valence-electron chi connectivity index (χ2n) is 5.68. The van der Waals surface area contributed by atoms with E-state index in [0.717, 1.165) is 15.7 Å². The highest BCUT2D eigenvalue weighted by atomic mass is 79.9. The first-order chi connectivity index (χ1) is 13.5. The summed E-state index contributed by atoms with van der Waals surface area (Å²) in [6.45, 7) is 4.28. The van der Waals surface area contributed by atoms with Crippen LogP contribution in [0, 0.1) is 0 Å². The van der Waals surface area contributed by atoms with E-state index in [0.29, 0.717) is 27.6 Å². The van der Waals surface area contributed by atoms with Crippen LogP contribution in [0.5, 0.6) is 0 Å². The Hall–Kier alpha value is -1.80. The van der Waals surface area contributed by atoms with Crippen LogP contribution < -0.4 is 5.32 Å². The van der Waals surface area contributed by atoms with Crippen LogP contribution in [-0.4, -0.2) is 26.4 Å². The number of nitrogens with zero attached hydrogens (tertiary/aromatic N) is 3. The van der Waals surface area contributed by atoms with Crippen molar-refractivity contribution in [3.8, 4) is 11.4 Å². The van der Waals surface area contributed by atoms with Gasteiger partial charge in [-0.1, -0.05) is 57.0 Å². The normalized spacial score (nSPS) is 10.7. The second-order valence-corrected chi connectivity index (χ2v) is 8.35. The van der Waals surface area contributed by atoms with E-state index in [2.05, 4.69) is 38.0 Å². The number of amides is 1. The van der Waals surface area contributed by atoms with E-state index in [1.54, 1.807) is 18.2 Å². The van der Waals surface area contributed by atoms with Crippen molar-refractivity contribution < 1.29 is 4.79 Å². The van der Waals surface area contributed by atoms with E-state index < -0.39 is 0 Å². The molecule has 0 spiro atoms. The Morgan fingerprint density at radius 1 is 1.18 bits per heavy atom. The predicted octanol–water partition coefficient (Wildman–Crippen LogP) is 5.93. The van der Waals surface area contributed by atoms with E-state index in [9.17, 15) is 4.79 Å². The van der Waals surface area contributed by atoms with Gasteiger partial charge in [-0.2, -0.15) is 0 Å². The van der Waals surface area contributed by atoms with Crippen LogP contribution in [-0.2, 0) is 11.3 Å². The minimum absolute atomic E-state index is 0.128. The summed E-state index contributed by atoms with van der Waals surface area (Å²) in [6.07, 6.45) is 1.75. The molecule has 1 heterocycles. The Morgan fingerprint density at radius 3 is 2.61 bits per heavy atom. The molecule has 0 saturated heterocycles. The standard InChI is InChI=1S/C19H15BrCl2N4OS/c1-2-9-26-18(12-3-8-15(21)16(22)10-12)24-25-19(26)28-11-17(27)23-14-6-4-13(20)5-7-14/h2-8,10H,1,9,11H2,(H,23,27). The van der Waals surface area contributed by atoms with Crippen LogP contribution in [0.2, 0.25) is 10.0 Å². The number of halogens is 3. The number of aromatic nitrogens is 3. The molecule has 2 aromatic carbocycles. The van der Waals surface area contributed by atoms with Gasteiger partial charge in [-0.15, -0.1) is 16.8 Å². The zero-order chi connectivity index (χ0) is 20.1. The van der Waals surface area contributed by atoms with Crippen LogP contribution in [0.25, 0.3) is 11.4 Å². The van der Waals surface area contributed by atoms with Crippen LogP contribution in [0.3, 0.4) is 0 Å². The Balaban J connectivity index is 1.73. The molecular formula is C19H15BrCl2N4OS. The van der Waals surface area contributed by atoms with Gasteiger partial charge in [0.2, 0.25) is 5.91 Å². The first-order valence-electron chi connectivity index (χ1n) is 8.15. The number of rotatable bonds is 7. The van der Waals surface area contributed by atoms with Crippen molar-refractivity contribution in [2.75, 3.05) is 11.1 Å². The number of benzene rings is 2. The van der Waals surface area contributed by atoms with Gasteiger partial charge in [-0.25, -0.2) is 0 Å². The van der Waals surface area contributed by atoms with Crippen LogP contribution in [0.15, 0.2) is 64.7 Å². The van der Waals surface area contributed by atoms with Gasteiger partial charge in [-0.05, 0) is 42.5 Å². The molecule has 3 aromatic rings. The number of hydrogen-bond donors (Lipinski definition) is 1. The van der Waals surface area contributed by atoms with Gasteiger partial charge >= 0.3 is 0 Å². The van der Waals surface area contributed by atoms with Crippen molar-refractivity contribution in [3.63, 3.8) is 0 Å². The Labute approximate surface area is 185 Å². The highest BCUT2D eigenvalue weighted by molar-refractivity contribution is 9.10. The topological polar surface area (TPSA) is 59.8 Å². The summed E-state index contributed by atoms with van der Waals surface area (Å²) in [5.41, 5.74) is 1.52. The lowest BCUT2D eigenvalue weighted by atomic mass is 10.2. The first-order valence-corrected chi connectivity index (χ1v) is 10.7. The number of anilines is 1. The first kappa shape index (κ1) is 20.9. The smallest absolute Gasteiger partial charge is 0.234 e.